The second-order valence-corrected chi connectivity index (χ2v) is 4.60. The zero-order valence-electron chi connectivity index (χ0n) is 8.77. The molecular formula is C11H12FN3S. The normalized spacial score (nSPS) is 12.7. The van der Waals surface area contributed by atoms with Gasteiger partial charge in [-0.05, 0) is 30.0 Å². The number of aryl methyl sites for hydroxylation is 1. The molecule has 0 amide bonds. The van der Waals surface area contributed by atoms with Gasteiger partial charge in [-0.25, -0.2) is 9.82 Å². The fraction of sp³-hybridized carbons (Fsp3) is 0.182. The number of thiophene rings is 1. The highest BCUT2D eigenvalue weighted by molar-refractivity contribution is 7.10. The molecule has 16 heavy (non-hydrogen) atoms. The van der Waals surface area contributed by atoms with Crippen LogP contribution in [0, 0.1) is 12.7 Å². The van der Waals surface area contributed by atoms with Gasteiger partial charge in [0.15, 0.2) is 0 Å². The van der Waals surface area contributed by atoms with Gasteiger partial charge in [-0.2, -0.15) is 0 Å². The van der Waals surface area contributed by atoms with Crippen LogP contribution in [0.4, 0.5) is 4.39 Å². The van der Waals surface area contributed by atoms with E-state index in [0.29, 0.717) is 5.56 Å². The molecule has 0 spiro atoms. The third kappa shape index (κ3) is 2.11. The van der Waals surface area contributed by atoms with E-state index in [1.165, 1.54) is 11.1 Å². The van der Waals surface area contributed by atoms with Gasteiger partial charge in [-0.15, -0.1) is 11.3 Å². The van der Waals surface area contributed by atoms with Crippen molar-refractivity contribution >= 4 is 11.3 Å². The third-order valence-corrected chi connectivity index (χ3v) is 3.25. The molecule has 0 saturated heterocycles. The Morgan fingerprint density at radius 1 is 1.56 bits per heavy atom. The maximum Gasteiger partial charge on any atom is 0.146 e. The number of hydrogen-bond donors (Lipinski definition) is 2. The minimum Gasteiger partial charge on any atom is -0.271 e. The monoisotopic (exact) mass is 237 g/mol. The molecule has 3 N–H and O–H groups in total. The molecule has 2 heterocycles. The first kappa shape index (κ1) is 11.2. The second kappa shape index (κ2) is 4.69. The molecule has 2 aromatic rings. The van der Waals surface area contributed by atoms with Crippen LogP contribution in [0.5, 0.6) is 0 Å². The average molecular weight is 237 g/mol. The molecule has 0 fully saturated rings. The topological polar surface area (TPSA) is 50.9 Å². The van der Waals surface area contributed by atoms with E-state index in [1.54, 1.807) is 23.6 Å². The molecule has 0 bridgehead atoms. The summed E-state index contributed by atoms with van der Waals surface area (Å²) in [4.78, 5) is 4.89. The molecule has 2 rings (SSSR count). The van der Waals surface area contributed by atoms with Gasteiger partial charge in [0, 0.05) is 16.6 Å². The van der Waals surface area contributed by atoms with Crippen molar-refractivity contribution in [3.05, 3.63) is 51.7 Å². The summed E-state index contributed by atoms with van der Waals surface area (Å²) in [5.74, 6) is 5.13. The van der Waals surface area contributed by atoms with Gasteiger partial charge in [0.1, 0.15) is 5.82 Å². The summed E-state index contributed by atoms with van der Waals surface area (Å²) in [6.07, 6.45) is 2.75. The van der Waals surface area contributed by atoms with Crippen LogP contribution >= 0.6 is 11.3 Å². The van der Waals surface area contributed by atoms with Crippen molar-refractivity contribution in [2.75, 3.05) is 0 Å². The zero-order valence-corrected chi connectivity index (χ0v) is 9.59. The quantitative estimate of drug-likeness (QED) is 0.635. The highest BCUT2D eigenvalue weighted by Crippen LogP contribution is 2.26. The predicted molar refractivity (Wildman–Crippen MR) is 62.4 cm³/mol. The van der Waals surface area contributed by atoms with Crippen molar-refractivity contribution in [2.24, 2.45) is 5.84 Å². The number of aromatic nitrogens is 1. The lowest BCUT2D eigenvalue weighted by Crippen LogP contribution is -2.29. The Balaban J connectivity index is 2.40. The van der Waals surface area contributed by atoms with E-state index >= 15 is 0 Å². The number of hydrazine groups is 1. The largest absolute Gasteiger partial charge is 0.271 e. The van der Waals surface area contributed by atoms with E-state index in [2.05, 4.69) is 10.4 Å². The maximum atomic E-state index is 13.6. The van der Waals surface area contributed by atoms with Crippen molar-refractivity contribution in [2.45, 2.75) is 13.0 Å². The average Bonchev–Trinajstić information content (AvgIpc) is 2.69. The molecule has 3 nitrogen and oxygen atoms in total. The van der Waals surface area contributed by atoms with Gasteiger partial charge in [0.2, 0.25) is 0 Å². The van der Waals surface area contributed by atoms with Crippen molar-refractivity contribution in [3.63, 3.8) is 0 Å². The summed E-state index contributed by atoms with van der Waals surface area (Å²) in [5, 5.41) is 1.97. The molecular weight excluding hydrogens is 225 g/mol. The number of pyridine rings is 1. The number of rotatable bonds is 3. The molecule has 0 saturated carbocycles. The van der Waals surface area contributed by atoms with Crippen LogP contribution in [0.3, 0.4) is 0 Å². The highest BCUT2D eigenvalue weighted by atomic mass is 32.1. The maximum absolute atomic E-state index is 13.6. The summed E-state index contributed by atoms with van der Waals surface area (Å²) < 4.78 is 13.6. The molecule has 0 radical (unpaired) electrons. The van der Waals surface area contributed by atoms with Gasteiger partial charge in [-0.1, -0.05) is 0 Å². The highest BCUT2D eigenvalue weighted by Gasteiger charge is 2.17. The van der Waals surface area contributed by atoms with Crippen molar-refractivity contribution < 1.29 is 4.39 Å². The molecule has 2 aromatic heterocycles. The fourth-order valence-corrected chi connectivity index (χ4v) is 2.33. The minimum absolute atomic E-state index is 0.326. The van der Waals surface area contributed by atoms with E-state index in [-0.39, 0.29) is 11.9 Å². The lowest BCUT2D eigenvalue weighted by Gasteiger charge is -2.15. The number of nitrogens with two attached hydrogens (primary N) is 1. The van der Waals surface area contributed by atoms with Crippen LogP contribution < -0.4 is 11.3 Å². The standard InChI is InChI=1S/C11H12FN3S/c1-7-4-8(6-16-7)11(15-13)9-2-3-14-5-10(9)12/h2-6,11,15H,13H2,1H3. The van der Waals surface area contributed by atoms with E-state index in [0.717, 1.165) is 5.56 Å². The summed E-state index contributed by atoms with van der Waals surface area (Å²) in [6.45, 7) is 2.00. The van der Waals surface area contributed by atoms with Crippen LogP contribution in [0.2, 0.25) is 0 Å². The Bertz CT molecular complexity index is 484. The first-order valence-corrected chi connectivity index (χ1v) is 5.71. The van der Waals surface area contributed by atoms with Gasteiger partial charge >= 0.3 is 0 Å². The molecule has 0 aliphatic heterocycles. The lowest BCUT2D eigenvalue weighted by atomic mass is 10.0. The number of hydrogen-bond acceptors (Lipinski definition) is 4. The Hall–Kier alpha value is -1.30. The van der Waals surface area contributed by atoms with E-state index in [4.69, 9.17) is 5.84 Å². The molecule has 84 valence electrons. The second-order valence-electron chi connectivity index (χ2n) is 3.49. The van der Waals surface area contributed by atoms with Crippen LogP contribution in [-0.4, -0.2) is 4.98 Å². The molecule has 0 aromatic carbocycles. The van der Waals surface area contributed by atoms with Crippen LogP contribution in [0.25, 0.3) is 0 Å². The fourth-order valence-electron chi connectivity index (χ4n) is 1.60. The molecule has 1 unspecified atom stereocenters. The van der Waals surface area contributed by atoms with E-state index < -0.39 is 0 Å². The summed E-state index contributed by atoms with van der Waals surface area (Å²) in [5.41, 5.74) is 4.10. The zero-order chi connectivity index (χ0) is 11.5. The Morgan fingerprint density at radius 2 is 2.38 bits per heavy atom. The van der Waals surface area contributed by atoms with Gasteiger partial charge in [0.05, 0.1) is 12.2 Å². The summed E-state index contributed by atoms with van der Waals surface area (Å²) in [6, 6.07) is 3.30. The predicted octanol–water partition coefficient (Wildman–Crippen LogP) is 2.14. The summed E-state index contributed by atoms with van der Waals surface area (Å²) >= 11 is 1.61. The molecule has 0 aliphatic rings. The van der Waals surface area contributed by atoms with Crippen molar-refractivity contribution in [1.82, 2.24) is 10.4 Å². The molecule has 1 atom stereocenters. The van der Waals surface area contributed by atoms with Crippen LogP contribution in [-0.2, 0) is 0 Å². The van der Waals surface area contributed by atoms with Crippen LogP contribution in [0.1, 0.15) is 22.0 Å². The summed E-state index contributed by atoms with van der Waals surface area (Å²) in [7, 11) is 0. The minimum atomic E-state index is -0.352. The molecule has 0 aliphatic carbocycles. The van der Waals surface area contributed by atoms with E-state index in [9.17, 15) is 4.39 Å². The lowest BCUT2D eigenvalue weighted by molar-refractivity contribution is 0.556. The van der Waals surface area contributed by atoms with Gasteiger partial charge < -0.3 is 0 Å². The van der Waals surface area contributed by atoms with Gasteiger partial charge in [0.25, 0.3) is 0 Å². The number of nitrogens with one attached hydrogen (secondary N) is 1. The number of halogens is 1. The van der Waals surface area contributed by atoms with Crippen LogP contribution in [0.15, 0.2) is 29.9 Å². The molecule has 5 heteroatoms. The van der Waals surface area contributed by atoms with Gasteiger partial charge in [-0.3, -0.25) is 10.8 Å². The number of nitrogens with zero attached hydrogens (tertiary/aromatic N) is 1. The Labute approximate surface area is 97.1 Å². The Morgan fingerprint density at radius 3 is 2.94 bits per heavy atom. The van der Waals surface area contributed by atoms with Crippen molar-refractivity contribution in [1.29, 1.82) is 0 Å². The van der Waals surface area contributed by atoms with Crippen molar-refractivity contribution in [3.8, 4) is 0 Å². The first-order valence-electron chi connectivity index (χ1n) is 4.83. The smallest absolute Gasteiger partial charge is 0.146 e. The Kier molecular flexibility index (Phi) is 3.28. The third-order valence-electron chi connectivity index (χ3n) is 2.37. The SMILES string of the molecule is Cc1cc(C(NN)c2ccncc2F)cs1. The first-order chi connectivity index (χ1) is 7.72. The van der Waals surface area contributed by atoms with E-state index in [1.807, 2.05) is 18.4 Å².